The van der Waals surface area contributed by atoms with Crippen molar-refractivity contribution in [1.82, 2.24) is 0 Å². The molecular weight excluding hydrogens is 174 g/mol. The number of rotatable bonds is 0. The molecule has 2 fully saturated rings. The van der Waals surface area contributed by atoms with Crippen molar-refractivity contribution >= 4 is 5.69 Å². The highest BCUT2D eigenvalue weighted by molar-refractivity contribution is 5.66. The lowest BCUT2D eigenvalue weighted by molar-refractivity contribution is 0.267. The molecule has 2 atom stereocenters. The van der Waals surface area contributed by atoms with Crippen LogP contribution in [0.3, 0.4) is 0 Å². The van der Waals surface area contributed by atoms with E-state index in [1.807, 2.05) is 0 Å². The first-order chi connectivity index (χ1) is 6.86. The maximum absolute atomic E-state index is 6.00. The lowest BCUT2D eigenvalue weighted by Gasteiger charge is -2.18. The van der Waals surface area contributed by atoms with Gasteiger partial charge >= 0.3 is 0 Å². The summed E-state index contributed by atoms with van der Waals surface area (Å²) in [6, 6.07) is 8.58. The zero-order chi connectivity index (χ0) is 9.23. The van der Waals surface area contributed by atoms with Gasteiger partial charge in [0, 0.05) is 11.3 Å². The van der Waals surface area contributed by atoms with E-state index in [1.165, 1.54) is 36.9 Å². The van der Waals surface area contributed by atoms with E-state index in [4.69, 9.17) is 4.74 Å². The van der Waals surface area contributed by atoms with E-state index >= 15 is 0 Å². The molecule has 1 N–H and O–H groups in total. The molecule has 0 spiro atoms. The fraction of sp³-hybridized carbons (Fsp3) is 0.500. The Kier molecular flexibility index (Phi) is 1.03. The molecule has 2 aliphatic heterocycles. The quantitative estimate of drug-likeness (QED) is 0.631. The number of para-hydroxylation sites is 1. The highest BCUT2D eigenvalue weighted by Gasteiger charge is 2.75. The van der Waals surface area contributed by atoms with Crippen LogP contribution in [0, 0.1) is 0 Å². The SMILES string of the molecule is c1ccc2c(c1)NC13CCCCC21O3. The lowest BCUT2D eigenvalue weighted by atomic mass is 9.83. The summed E-state index contributed by atoms with van der Waals surface area (Å²) in [5.74, 6) is 0. The molecule has 4 rings (SSSR count). The number of ether oxygens (including phenoxy) is 1. The number of hydrogen-bond acceptors (Lipinski definition) is 2. The maximum Gasteiger partial charge on any atom is 0.173 e. The van der Waals surface area contributed by atoms with E-state index < -0.39 is 0 Å². The van der Waals surface area contributed by atoms with Gasteiger partial charge < -0.3 is 10.1 Å². The molecule has 1 aromatic carbocycles. The highest BCUT2D eigenvalue weighted by atomic mass is 16.7. The van der Waals surface area contributed by atoms with Crippen molar-refractivity contribution in [3.63, 3.8) is 0 Å². The molecule has 1 saturated heterocycles. The molecule has 2 unspecified atom stereocenters. The van der Waals surface area contributed by atoms with E-state index in [0.29, 0.717) is 0 Å². The number of fused-ring (bicyclic) bond motifs is 1. The van der Waals surface area contributed by atoms with Gasteiger partial charge in [-0.3, -0.25) is 0 Å². The molecule has 0 bridgehead atoms. The summed E-state index contributed by atoms with van der Waals surface area (Å²) in [6.07, 6.45) is 4.96. The molecule has 0 aromatic heterocycles. The smallest absolute Gasteiger partial charge is 0.173 e. The van der Waals surface area contributed by atoms with Gasteiger partial charge in [-0.05, 0) is 31.7 Å². The average Bonchev–Trinajstić information content (AvgIpc) is 2.80. The Morgan fingerprint density at radius 3 is 3.00 bits per heavy atom. The third-order valence-electron chi connectivity index (χ3n) is 3.97. The zero-order valence-corrected chi connectivity index (χ0v) is 8.05. The van der Waals surface area contributed by atoms with Gasteiger partial charge in [0.1, 0.15) is 5.60 Å². The molecule has 1 aliphatic carbocycles. The molecular formula is C12H13NO. The lowest BCUT2D eigenvalue weighted by Crippen LogP contribution is -2.28. The summed E-state index contributed by atoms with van der Waals surface area (Å²) in [4.78, 5) is 0. The first-order valence-corrected chi connectivity index (χ1v) is 5.44. The number of benzene rings is 1. The van der Waals surface area contributed by atoms with Crippen LogP contribution in [0.15, 0.2) is 24.3 Å². The average molecular weight is 187 g/mol. The highest BCUT2D eigenvalue weighted by Crippen LogP contribution is 2.68. The van der Waals surface area contributed by atoms with Crippen molar-refractivity contribution in [1.29, 1.82) is 0 Å². The predicted molar refractivity (Wildman–Crippen MR) is 54.0 cm³/mol. The van der Waals surface area contributed by atoms with Crippen molar-refractivity contribution in [3.8, 4) is 0 Å². The van der Waals surface area contributed by atoms with Crippen LogP contribution in [0.2, 0.25) is 0 Å². The molecule has 72 valence electrons. The number of hydrogen-bond donors (Lipinski definition) is 1. The molecule has 2 heteroatoms. The van der Waals surface area contributed by atoms with Gasteiger partial charge in [-0.2, -0.15) is 0 Å². The van der Waals surface area contributed by atoms with Crippen LogP contribution in [-0.4, -0.2) is 5.72 Å². The topological polar surface area (TPSA) is 24.6 Å². The molecule has 2 heterocycles. The third kappa shape index (κ3) is 0.592. The van der Waals surface area contributed by atoms with Crippen LogP contribution in [0.4, 0.5) is 5.69 Å². The van der Waals surface area contributed by atoms with Crippen LogP contribution in [0.1, 0.15) is 31.2 Å². The van der Waals surface area contributed by atoms with Crippen LogP contribution < -0.4 is 5.32 Å². The van der Waals surface area contributed by atoms with Crippen molar-refractivity contribution < 1.29 is 4.74 Å². The Balaban J connectivity index is 1.92. The predicted octanol–water partition coefficient (Wildman–Crippen LogP) is 2.61. The Bertz CT molecular complexity index is 413. The minimum atomic E-state index is -0.00502. The van der Waals surface area contributed by atoms with E-state index in [2.05, 4.69) is 29.6 Å². The molecule has 0 amide bonds. The van der Waals surface area contributed by atoms with Gasteiger partial charge in [-0.15, -0.1) is 0 Å². The minimum Gasteiger partial charge on any atom is -0.355 e. The second-order valence-corrected chi connectivity index (χ2v) is 4.63. The van der Waals surface area contributed by atoms with Gasteiger partial charge in [0.2, 0.25) is 0 Å². The number of epoxide rings is 1. The summed E-state index contributed by atoms with van der Waals surface area (Å²) in [5.41, 5.74) is 2.73. The van der Waals surface area contributed by atoms with Gasteiger partial charge in [0.25, 0.3) is 0 Å². The summed E-state index contributed by atoms with van der Waals surface area (Å²) in [6.45, 7) is 0. The molecule has 3 aliphatic rings. The van der Waals surface area contributed by atoms with Crippen molar-refractivity contribution in [2.45, 2.75) is 37.0 Å². The molecule has 0 radical (unpaired) electrons. The van der Waals surface area contributed by atoms with E-state index in [-0.39, 0.29) is 11.3 Å². The molecule has 1 saturated carbocycles. The van der Waals surface area contributed by atoms with Crippen LogP contribution >= 0.6 is 0 Å². The third-order valence-corrected chi connectivity index (χ3v) is 3.97. The summed E-state index contributed by atoms with van der Waals surface area (Å²) in [5, 5.41) is 3.56. The fourth-order valence-corrected chi connectivity index (χ4v) is 3.28. The van der Waals surface area contributed by atoms with Gasteiger partial charge in [0.05, 0.1) is 0 Å². The Hall–Kier alpha value is -1.02. The van der Waals surface area contributed by atoms with Crippen LogP contribution in [0.5, 0.6) is 0 Å². The standard InChI is InChI=1S/C12H13NO/c1-2-6-10-9(5-1)11-7-3-4-8-12(11,13-10)14-11/h1-2,5-6,13H,3-4,7-8H2. The van der Waals surface area contributed by atoms with Crippen molar-refractivity contribution in [2.24, 2.45) is 0 Å². The second-order valence-electron chi connectivity index (χ2n) is 4.63. The summed E-state index contributed by atoms with van der Waals surface area (Å²) < 4.78 is 6.00. The van der Waals surface area contributed by atoms with E-state index in [0.717, 1.165) is 0 Å². The number of anilines is 1. The fourth-order valence-electron chi connectivity index (χ4n) is 3.28. The normalized spacial score (nSPS) is 42.0. The van der Waals surface area contributed by atoms with E-state index in [1.54, 1.807) is 0 Å². The summed E-state index contributed by atoms with van der Waals surface area (Å²) in [7, 11) is 0. The maximum atomic E-state index is 6.00. The Labute approximate surface area is 83.3 Å². The first kappa shape index (κ1) is 7.30. The first-order valence-electron chi connectivity index (χ1n) is 5.44. The molecule has 14 heavy (non-hydrogen) atoms. The Morgan fingerprint density at radius 1 is 1.14 bits per heavy atom. The monoisotopic (exact) mass is 187 g/mol. The second kappa shape index (κ2) is 1.98. The number of nitrogens with one attached hydrogen (secondary N) is 1. The van der Waals surface area contributed by atoms with Crippen molar-refractivity contribution in [3.05, 3.63) is 29.8 Å². The van der Waals surface area contributed by atoms with Gasteiger partial charge in [0.15, 0.2) is 5.72 Å². The zero-order valence-electron chi connectivity index (χ0n) is 8.05. The van der Waals surface area contributed by atoms with Gasteiger partial charge in [-0.25, -0.2) is 0 Å². The molecule has 1 aromatic rings. The van der Waals surface area contributed by atoms with Crippen molar-refractivity contribution in [2.75, 3.05) is 5.32 Å². The van der Waals surface area contributed by atoms with E-state index in [9.17, 15) is 0 Å². The minimum absolute atomic E-state index is 0.00502. The largest absolute Gasteiger partial charge is 0.355 e. The van der Waals surface area contributed by atoms with Gasteiger partial charge in [-0.1, -0.05) is 18.2 Å². The Morgan fingerprint density at radius 2 is 2.00 bits per heavy atom. The molecule has 2 nitrogen and oxygen atoms in total. The van der Waals surface area contributed by atoms with Crippen LogP contribution in [-0.2, 0) is 10.3 Å². The van der Waals surface area contributed by atoms with Crippen LogP contribution in [0.25, 0.3) is 0 Å². The summed E-state index contributed by atoms with van der Waals surface area (Å²) >= 11 is 0.